The number of amides is 1. The van der Waals surface area contributed by atoms with Crippen molar-refractivity contribution in [1.82, 2.24) is 15.1 Å². The number of aromatic nitrogens is 2. The van der Waals surface area contributed by atoms with Crippen molar-refractivity contribution in [2.24, 2.45) is 0 Å². The Morgan fingerprint density at radius 3 is 2.32 bits per heavy atom. The van der Waals surface area contributed by atoms with Gasteiger partial charge in [0.2, 0.25) is 0 Å². The van der Waals surface area contributed by atoms with E-state index in [4.69, 9.17) is 13.7 Å². The number of nitrogens with one attached hydrogen (secondary N) is 1. The van der Waals surface area contributed by atoms with Gasteiger partial charge >= 0.3 is 12.2 Å². The quantitative estimate of drug-likeness (QED) is 0.263. The van der Waals surface area contributed by atoms with Crippen LogP contribution in [0.25, 0.3) is 10.9 Å². The molecule has 0 aliphatic carbocycles. The third-order valence-corrected chi connectivity index (χ3v) is 6.56. The second-order valence-corrected chi connectivity index (χ2v) is 12.1. The lowest BCUT2D eigenvalue weighted by atomic mass is 9.95. The lowest BCUT2D eigenvalue weighted by Crippen LogP contribution is -2.32. The Morgan fingerprint density at radius 2 is 1.61 bits per heavy atom. The molecule has 4 rings (SSSR count). The van der Waals surface area contributed by atoms with Gasteiger partial charge in [-0.05, 0) is 49.9 Å². The fourth-order valence-electron chi connectivity index (χ4n) is 4.27. The highest BCUT2D eigenvalue weighted by molar-refractivity contribution is 7.85. The van der Waals surface area contributed by atoms with Crippen LogP contribution in [0.3, 0.4) is 0 Å². The average molecular weight is 580 g/mol. The number of hydrogen-bond acceptors (Lipinski definition) is 8. The number of nitrogens with zero attached hydrogens (tertiary/aromatic N) is 2. The molecule has 0 fully saturated rings. The first kappa shape index (κ1) is 29.8. The molecule has 41 heavy (non-hydrogen) atoms. The normalized spacial score (nSPS) is 12.6. The fraction of sp³-hybridized carbons (Fsp3) is 0.300. The molecule has 1 atom stereocenters. The molecule has 216 valence electrons. The van der Waals surface area contributed by atoms with Gasteiger partial charge in [0.15, 0.2) is 0 Å². The van der Waals surface area contributed by atoms with Gasteiger partial charge in [-0.15, -0.1) is 0 Å². The van der Waals surface area contributed by atoms with Crippen molar-refractivity contribution >= 4 is 33.2 Å². The van der Waals surface area contributed by atoms with E-state index >= 15 is 0 Å². The minimum atomic E-state index is -3.64. The molecule has 0 aliphatic heterocycles. The Kier molecular flexibility index (Phi) is 9.09. The molecular weight excluding hydrogens is 546 g/mol. The van der Waals surface area contributed by atoms with E-state index in [1.165, 1.54) is 4.68 Å². The summed E-state index contributed by atoms with van der Waals surface area (Å²) in [7, 11) is -3.64. The van der Waals surface area contributed by atoms with Crippen molar-refractivity contribution in [3.05, 3.63) is 101 Å². The van der Waals surface area contributed by atoms with Crippen LogP contribution < -0.4 is 5.32 Å². The summed E-state index contributed by atoms with van der Waals surface area (Å²) in [6.07, 6.45) is -0.135. The van der Waals surface area contributed by atoms with Gasteiger partial charge in [-0.25, -0.2) is 9.59 Å². The largest absolute Gasteiger partial charge is 0.445 e. The van der Waals surface area contributed by atoms with Crippen LogP contribution in [-0.2, 0) is 36.8 Å². The summed E-state index contributed by atoms with van der Waals surface area (Å²) in [5, 5.41) is 8.16. The predicted octanol–water partition coefficient (Wildman–Crippen LogP) is 5.35. The van der Waals surface area contributed by atoms with Crippen LogP contribution in [0.5, 0.6) is 0 Å². The molecule has 4 aromatic rings. The van der Waals surface area contributed by atoms with E-state index in [2.05, 4.69) is 10.4 Å². The molecule has 0 spiro atoms. The number of ether oxygens (including phenoxy) is 2. The number of hydrogen-bond donors (Lipinski definition) is 1. The first-order valence-corrected chi connectivity index (χ1v) is 14.8. The summed E-state index contributed by atoms with van der Waals surface area (Å²) < 4.78 is 40.4. The second-order valence-electron chi connectivity index (χ2n) is 10.4. The minimum Gasteiger partial charge on any atom is -0.445 e. The number of para-hydroxylation sites is 1. The van der Waals surface area contributed by atoms with Crippen LogP contribution in [0, 0.1) is 0 Å². The zero-order chi connectivity index (χ0) is 29.6. The van der Waals surface area contributed by atoms with Gasteiger partial charge in [0.05, 0.1) is 24.1 Å². The van der Waals surface area contributed by atoms with Gasteiger partial charge in [0.25, 0.3) is 10.1 Å². The standard InChI is InChI=1S/C30H33N3O7S/c1-30(2,3)40-29(35)33-25-17-11-10-16-24(25)27(32-33)26(31-28(34)38-20-21-12-6-5-7-13-21)23-15-9-8-14-22(23)18-19-39-41(4,36)37/h5-17,26H,18-20H2,1-4H3,(H,31,34)/t26-/m1/s1. The van der Waals surface area contributed by atoms with Crippen molar-refractivity contribution < 1.29 is 31.7 Å². The molecule has 11 heteroatoms. The number of carbonyl (C=O) groups excluding carboxylic acids is 2. The topological polar surface area (TPSA) is 126 Å². The van der Waals surface area contributed by atoms with Crippen molar-refractivity contribution in [1.29, 1.82) is 0 Å². The zero-order valence-corrected chi connectivity index (χ0v) is 24.2. The lowest BCUT2D eigenvalue weighted by molar-refractivity contribution is 0.0521. The number of rotatable bonds is 9. The van der Waals surface area contributed by atoms with Crippen molar-refractivity contribution in [3.63, 3.8) is 0 Å². The third kappa shape index (κ3) is 8.15. The van der Waals surface area contributed by atoms with Crippen molar-refractivity contribution in [3.8, 4) is 0 Å². The third-order valence-electron chi connectivity index (χ3n) is 5.97. The van der Waals surface area contributed by atoms with Gasteiger partial charge in [-0.3, -0.25) is 4.18 Å². The Morgan fingerprint density at radius 1 is 0.951 bits per heavy atom. The molecule has 0 aliphatic rings. The van der Waals surface area contributed by atoms with Crippen LogP contribution in [0.4, 0.5) is 9.59 Å². The highest BCUT2D eigenvalue weighted by Crippen LogP contribution is 2.31. The molecule has 0 radical (unpaired) electrons. The number of fused-ring (bicyclic) bond motifs is 1. The van der Waals surface area contributed by atoms with Gasteiger partial charge in [0.1, 0.15) is 18.2 Å². The molecule has 10 nitrogen and oxygen atoms in total. The maximum absolute atomic E-state index is 13.1. The van der Waals surface area contributed by atoms with Crippen LogP contribution in [-0.4, -0.2) is 48.8 Å². The molecule has 1 N–H and O–H groups in total. The predicted molar refractivity (Wildman–Crippen MR) is 154 cm³/mol. The summed E-state index contributed by atoms with van der Waals surface area (Å²) in [4.78, 5) is 26.3. The summed E-state index contributed by atoms with van der Waals surface area (Å²) in [6.45, 7) is 5.25. The Balaban J connectivity index is 1.75. The molecule has 0 bridgehead atoms. The van der Waals surface area contributed by atoms with Gasteiger partial charge < -0.3 is 14.8 Å². The van der Waals surface area contributed by atoms with E-state index in [0.29, 0.717) is 22.2 Å². The van der Waals surface area contributed by atoms with E-state index in [-0.39, 0.29) is 19.6 Å². The summed E-state index contributed by atoms with van der Waals surface area (Å²) in [5.74, 6) is 0. The zero-order valence-electron chi connectivity index (χ0n) is 23.4. The number of carbonyl (C=O) groups is 2. The first-order chi connectivity index (χ1) is 19.4. The molecule has 0 saturated carbocycles. The van der Waals surface area contributed by atoms with E-state index in [9.17, 15) is 18.0 Å². The van der Waals surface area contributed by atoms with Gasteiger partial charge in [0, 0.05) is 5.39 Å². The highest BCUT2D eigenvalue weighted by atomic mass is 32.2. The smallest absolute Gasteiger partial charge is 0.435 e. The lowest BCUT2D eigenvalue weighted by Gasteiger charge is -2.21. The SMILES string of the molecule is CC(C)(C)OC(=O)n1nc([C@H](NC(=O)OCc2ccccc2)c2ccccc2CCOS(C)(=O)=O)c2ccccc21. The molecule has 3 aromatic carbocycles. The van der Waals surface area contributed by atoms with Gasteiger partial charge in [-0.1, -0.05) is 72.8 Å². The molecule has 0 saturated heterocycles. The summed E-state index contributed by atoms with van der Waals surface area (Å²) in [6, 6.07) is 22.8. The molecular formula is C30H33N3O7S. The minimum absolute atomic E-state index is 0.0519. The van der Waals surface area contributed by atoms with E-state index in [0.717, 1.165) is 17.4 Å². The molecule has 1 aromatic heterocycles. The Labute approximate surface area is 239 Å². The van der Waals surface area contributed by atoms with Crippen molar-refractivity contribution in [2.45, 2.75) is 45.4 Å². The van der Waals surface area contributed by atoms with Crippen molar-refractivity contribution in [2.75, 3.05) is 12.9 Å². The molecule has 0 unspecified atom stereocenters. The highest BCUT2D eigenvalue weighted by Gasteiger charge is 2.29. The maximum atomic E-state index is 13.1. The number of alkyl carbamates (subject to hydrolysis) is 1. The molecule has 1 amide bonds. The van der Waals surface area contributed by atoms with Crippen LogP contribution in [0.2, 0.25) is 0 Å². The Hall–Kier alpha value is -4.22. The monoisotopic (exact) mass is 579 g/mol. The molecule has 1 heterocycles. The van der Waals surface area contributed by atoms with E-state index in [1.54, 1.807) is 51.1 Å². The number of benzene rings is 3. The van der Waals surface area contributed by atoms with Crippen LogP contribution in [0.1, 0.15) is 49.2 Å². The Bertz CT molecular complexity index is 1630. The van der Waals surface area contributed by atoms with Crippen LogP contribution >= 0.6 is 0 Å². The van der Waals surface area contributed by atoms with Gasteiger partial charge in [-0.2, -0.15) is 18.2 Å². The summed E-state index contributed by atoms with van der Waals surface area (Å²) >= 11 is 0. The summed E-state index contributed by atoms with van der Waals surface area (Å²) in [5.41, 5.74) is 2.31. The average Bonchev–Trinajstić information content (AvgIpc) is 3.30. The van der Waals surface area contributed by atoms with E-state index < -0.39 is 33.9 Å². The first-order valence-electron chi connectivity index (χ1n) is 13.0. The fourth-order valence-corrected chi connectivity index (χ4v) is 4.66. The van der Waals surface area contributed by atoms with Crippen LogP contribution in [0.15, 0.2) is 78.9 Å². The maximum Gasteiger partial charge on any atom is 0.435 e. The van der Waals surface area contributed by atoms with E-state index in [1.807, 2.05) is 48.5 Å². The second kappa shape index (κ2) is 12.5.